The lowest BCUT2D eigenvalue weighted by atomic mass is 10.2. The van der Waals surface area contributed by atoms with Crippen LogP contribution in [0.5, 0.6) is 0 Å². The first-order valence-electron chi connectivity index (χ1n) is 5.52. The Morgan fingerprint density at radius 2 is 1.82 bits per heavy atom. The summed E-state index contributed by atoms with van der Waals surface area (Å²) in [6.07, 6.45) is 0. The average Bonchev–Trinajstić information content (AvgIpc) is 2.59. The summed E-state index contributed by atoms with van der Waals surface area (Å²) in [4.78, 5) is 14.8. The second-order valence-electron chi connectivity index (χ2n) is 4.04. The molecule has 0 spiro atoms. The Labute approximate surface area is 106 Å². The van der Waals surface area contributed by atoms with Gasteiger partial charge in [-0.1, -0.05) is 18.2 Å². The fraction of sp³-hybridized carbons (Fsp3) is 0.214. The first-order chi connectivity index (χ1) is 8.09. The minimum Gasteiger partial charge on any atom is -0.274 e. The highest BCUT2D eigenvalue weighted by Crippen LogP contribution is 2.35. The number of hydrogen-bond acceptors (Lipinski definition) is 2. The van der Waals surface area contributed by atoms with Crippen molar-refractivity contribution in [3.8, 4) is 0 Å². The number of benzene rings is 1. The molecule has 0 unspecified atom stereocenters. The maximum atomic E-state index is 11.8. The smallest absolute Gasteiger partial charge is 0.229 e. The van der Waals surface area contributed by atoms with E-state index in [0.29, 0.717) is 0 Å². The van der Waals surface area contributed by atoms with Crippen LogP contribution in [0.15, 0.2) is 36.4 Å². The van der Waals surface area contributed by atoms with Gasteiger partial charge in [-0.25, -0.2) is 0 Å². The molecule has 0 aliphatic heterocycles. The van der Waals surface area contributed by atoms with Gasteiger partial charge in [0.05, 0.1) is 0 Å². The van der Waals surface area contributed by atoms with Gasteiger partial charge >= 0.3 is 0 Å². The van der Waals surface area contributed by atoms with Gasteiger partial charge in [-0.2, -0.15) is 0 Å². The van der Waals surface area contributed by atoms with Crippen LogP contribution in [0, 0.1) is 13.8 Å². The molecule has 0 N–H and O–H groups in total. The lowest BCUT2D eigenvalue weighted by Crippen LogP contribution is -2.22. The molecule has 0 bridgehead atoms. The van der Waals surface area contributed by atoms with Crippen molar-refractivity contribution >= 4 is 27.9 Å². The molecule has 3 heteroatoms. The molecular formula is C14H15NOS. The molecule has 1 amide bonds. The quantitative estimate of drug-likeness (QED) is 0.781. The summed E-state index contributed by atoms with van der Waals surface area (Å²) in [7, 11) is 0. The van der Waals surface area contributed by atoms with Gasteiger partial charge in [0.15, 0.2) is 0 Å². The van der Waals surface area contributed by atoms with Crippen molar-refractivity contribution < 1.29 is 4.79 Å². The van der Waals surface area contributed by atoms with Crippen molar-refractivity contribution in [1.29, 1.82) is 0 Å². The van der Waals surface area contributed by atoms with Crippen molar-refractivity contribution in [3.05, 3.63) is 46.8 Å². The maximum absolute atomic E-state index is 11.8. The van der Waals surface area contributed by atoms with Crippen molar-refractivity contribution in [1.82, 2.24) is 0 Å². The minimum atomic E-state index is 0.0427. The van der Waals surface area contributed by atoms with Gasteiger partial charge < -0.3 is 0 Å². The van der Waals surface area contributed by atoms with E-state index in [1.54, 1.807) is 23.2 Å². The zero-order chi connectivity index (χ0) is 12.4. The molecular weight excluding hydrogens is 230 g/mol. The monoisotopic (exact) mass is 245 g/mol. The molecule has 2 nitrogen and oxygen atoms in total. The highest BCUT2D eigenvalue weighted by Gasteiger charge is 2.17. The predicted molar refractivity (Wildman–Crippen MR) is 73.1 cm³/mol. The van der Waals surface area contributed by atoms with E-state index >= 15 is 0 Å². The van der Waals surface area contributed by atoms with Gasteiger partial charge in [-0.15, -0.1) is 11.3 Å². The molecule has 0 fully saturated rings. The van der Waals surface area contributed by atoms with Crippen molar-refractivity contribution in [3.63, 3.8) is 0 Å². The van der Waals surface area contributed by atoms with Crippen molar-refractivity contribution in [2.75, 3.05) is 4.90 Å². The number of rotatable bonds is 2. The predicted octanol–water partition coefficient (Wildman–Crippen LogP) is 4.05. The van der Waals surface area contributed by atoms with Crippen LogP contribution < -0.4 is 4.90 Å². The second kappa shape index (κ2) is 4.72. The second-order valence-corrected chi connectivity index (χ2v) is 5.27. The van der Waals surface area contributed by atoms with Crippen molar-refractivity contribution in [2.24, 2.45) is 0 Å². The number of aryl methyl sites for hydroxylation is 2. The molecule has 0 aliphatic carbocycles. The third-order valence-corrected chi connectivity index (χ3v) is 3.68. The number of nitrogens with zero attached hydrogens (tertiary/aromatic N) is 1. The third-order valence-electron chi connectivity index (χ3n) is 2.55. The number of thiophene rings is 1. The molecule has 2 rings (SSSR count). The Morgan fingerprint density at radius 3 is 2.29 bits per heavy atom. The molecule has 1 aromatic carbocycles. The molecule has 0 saturated heterocycles. The molecule has 0 atom stereocenters. The zero-order valence-electron chi connectivity index (χ0n) is 10.2. The van der Waals surface area contributed by atoms with Crippen LogP contribution in [-0.4, -0.2) is 5.91 Å². The van der Waals surface area contributed by atoms with Gasteiger partial charge in [-0.3, -0.25) is 9.69 Å². The number of hydrogen-bond donors (Lipinski definition) is 0. The topological polar surface area (TPSA) is 20.3 Å². The Morgan fingerprint density at radius 1 is 1.18 bits per heavy atom. The lowest BCUT2D eigenvalue weighted by Gasteiger charge is -2.20. The van der Waals surface area contributed by atoms with E-state index in [2.05, 4.69) is 13.0 Å². The largest absolute Gasteiger partial charge is 0.274 e. The van der Waals surface area contributed by atoms with Gasteiger partial charge in [0, 0.05) is 17.5 Å². The number of carbonyl (C=O) groups is 1. The van der Waals surface area contributed by atoms with E-state index in [4.69, 9.17) is 0 Å². The Kier molecular flexibility index (Phi) is 3.29. The minimum absolute atomic E-state index is 0.0427. The first-order valence-corrected chi connectivity index (χ1v) is 6.34. The highest BCUT2D eigenvalue weighted by atomic mass is 32.1. The van der Waals surface area contributed by atoms with E-state index in [0.717, 1.165) is 16.3 Å². The summed E-state index contributed by atoms with van der Waals surface area (Å²) < 4.78 is 0. The average molecular weight is 245 g/mol. The fourth-order valence-corrected chi connectivity index (χ4v) is 2.96. The van der Waals surface area contributed by atoms with Crippen LogP contribution in [0.1, 0.15) is 17.4 Å². The summed E-state index contributed by atoms with van der Waals surface area (Å²) in [5, 5.41) is 1.02. The Hall–Kier alpha value is -1.61. The van der Waals surface area contributed by atoms with E-state index in [1.165, 1.54) is 4.88 Å². The summed E-state index contributed by atoms with van der Waals surface area (Å²) in [6, 6.07) is 11.9. The molecule has 1 heterocycles. The van der Waals surface area contributed by atoms with Crippen LogP contribution in [0.3, 0.4) is 0 Å². The number of para-hydroxylation sites is 1. The van der Waals surface area contributed by atoms with Gasteiger partial charge in [0.25, 0.3) is 0 Å². The molecule has 88 valence electrons. The summed E-state index contributed by atoms with van der Waals surface area (Å²) in [5.41, 5.74) is 2.07. The molecule has 0 saturated carbocycles. The standard InChI is InChI=1S/C14H15NOS/c1-10-9-11(2)17-14(10)15(12(3)16)13-7-5-4-6-8-13/h4-9H,1-3H3. The summed E-state index contributed by atoms with van der Waals surface area (Å²) in [5.74, 6) is 0.0427. The summed E-state index contributed by atoms with van der Waals surface area (Å²) in [6.45, 7) is 5.70. The highest BCUT2D eigenvalue weighted by molar-refractivity contribution is 7.16. The van der Waals surface area contributed by atoms with E-state index in [1.807, 2.05) is 37.3 Å². The molecule has 0 aliphatic rings. The van der Waals surface area contributed by atoms with Crippen LogP contribution in [0.4, 0.5) is 10.7 Å². The zero-order valence-corrected chi connectivity index (χ0v) is 11.0. The third kappa shape index (κ3) is 2.39. The van der Waals surface area contributed by atoms with Crippen LogP contribution >= 0.6 is 11.3 Å². The lowest BCUT2D eigenvalue weighted by molar-refractivity contribution is -0.115. The van der Waals surface area contributed by atoms with Crippen LogP contribution in [0.2, 0.25) is 0 Å². The Bertz CT molecular complexity index is 530. The van der Waals surface area contributed by atoms with E-state index in [9.17, 15) is 4.79 Å². The van der Waals surface area contributed by atoms with E-state index in [-0.39, 0.29) is 5.91 Å². The summed E-state index contributed by atoms with van der Waals surface area (Å²) >= 11 is 1.65. The van der Waals surface area contributed by atoms with E-state index < -0.39 is 0 Å². The number of anilines is 2. The molecule has 0 radical (unpaired) electrons. The Balaban J connectivity index is 2.50. The number of amides is 1. The fourth-order valence-electron chi connectivity index (χ4n) is 1.87. The molecule has 2 aromatic rings. The number of carbonyl (C=O) groups excluding carboxylic acids is 1. The maximum Gasteiger partial charge on any atom is 0.229 e. The van der Waals surface area contributed by atoms with Crippen molar-refractivity contribution in [2.45, 2.75) is 20.8 Å². The van der Waals surface area contributed by atoms with Gasteiger partial charge in [0.2, 0.25) is 5.91 Å². The normalized spacial score (nSPS) is 10.3. The SMILES string of the molecule is CC(=O)N(c1ccccc1)c1sc(C)cc1C. The molecule has 17 heavy (non-hydrogen) atoms. The molecule has 1 aromatic heterocycles. The van der Waals surface area contributed by atoms with Gasteiger partial charge in [0.1, 0.15) is 5.00 Å². The van der Waals surface area contributed by atoms with Crippen LogP contribution in [0.25, 0.3) is 0 Å². The first kappa shape index (κ1) is 11.9. The van der Waals surface area contributed by atoms with Gasteiger partial charge in [-0.05, 0) is 37.6 Å². The van der Waals surface area contributed by atoms with Crippen LogP contribution in [-0.2, 0) is 4.79 Å².